The van der Waals surface area contributed by atoms with Gasteiger partial charge in [-0.25, -0.2) is 4.68 Å². The van der Waals surface area contributed by atoms with Crippen molar-refractivity contribution in [2.75, 3.05) is 0 Å². The minimum absolute atomic E-state index is 0.180. The monoisotopic (exact) mass is 345 g/mol. The molecule has 0 aliphatic rings. The average molecular weight is 345 g/mol. The summed E-state index contributed by atoms with van der Waals surface area (Å²) in [6, 6.07) is 10.9. The quantitative estimate of drug-likeness (QED) is 0.773. The molecule has 1 aromatic carbocycles. The number of nitrogens with zero attached hydrogens (tertiary/aromatic N) is 4. The van der Waals surface area contributed by atoms with E-state index >= 15 is 0 Å². The number of benzene rings is 1. The molecule has 0 bridgehead atoms. The Kier molecular flexibility index (Phi) is 4.60. The summed E-state index contributed by atoms with van der Waals surface area (Å²) in [4.78, 5) is 12.2. The normalized spacial score (nSPS) is 11.1. The average Bonchev–Trinajstić information content (AvgIpc) is 3.19. The summed E-state index contributed by atoms with van der Waals surface area (Å²) >= 11 is 0. The van der Waals surface area contributed by atoms with Crippen LogP contribution in [0.25, 0.3) is 5.69 Å². The Morgan fingerprint density at radius 2 is 1.92 bits per heavy atom. The van der Waals surface area contributed by atoms with Gasteiger partial charge in [0.05, 0.1) is 11.4 Å². The van der Waals surface area contributed by atoms with Crippen LogP contribution in [-0.4, -0.2) is 25.5 Å². The summed E-state index contributed by atoms with van der Waals surface area (Å²) in [5.74, 6) is -0.607. The van der Waals surface area contributed by atoms with Gasteiger partial charge in [0.2, 0.25) is 0 Å². The molecule has 0 aliphatic carbocycles. The highest BCUT2D eigenvalue weighted by atomic mass is 19.3. The van der Waals surface area contributed by atoms with Gasteiger partial charge < -0.3 is 5.32 Å². The standard InChI is InChI=1S/C17H17F2N5O/c1-11-14(12(2)23(22-11)13-6-4-3-5-7-13)10-20-16(25)15-8-9-21-24(15)17(18)19/h3-9,17H,10H2,1-2H3,(H,20,25). The molecule has 2 aromatic heterocycles. The number of carbonyl (C=O) groups is 1. The number of carbonyl (C=O) groups excluding carboxylic acids is 1. The maximum absolute atomic E-state index is 12.8. The topological polar surface area (TPSA) is 64.7 Å². The molecule has 130 valence electrons. The third-order valence-electron chi connectivity index (χ3n) is 3.96. The second-order valence-corrected chi connectivity index (χ2v) is 5.52. The van der Waals surface area contributed by atoms with Gasteiger partial charge in [0, 0.05) is 24.0 Å². The van der Waals surface area contributed by atoms with Crippen molar-refractivity contribution in [1.82, 2.24) is 24.9 Å². The van der Waals surface area contributed by atoms with Gasteiger partial charge in [-0.3, -0.25) is 4.79 Å². The summed E-state index contributed by atoms with van der Waals surface area (Å²) in [7, 11) is 0. The Labute approximate surface area is 143 Å². The lowest BCUT2D eigenvalue weighted by Crippen LogP contribution is -2.26. The zero-order valence-corrected chi connectivity index (χ0v) is 13.8. The third kappa shape index (κ3) is 3.28. The molecule has 2 heterocycles. The zero-order chi connectivity index (χ0) is 18.0. The maximum atomic E-state index is 12.8. The van der Waals surface area contributed by atoms with Crippen molar-refractivity contribution in [1.29, 1.82) is 0 Å². The molecule has 0 radical (unpaired) electrons. The number of rotatable bonds is 5. The van der Waals surface area contributed by atoms with Crippen LogP contribution in [0, 0.1) is 13.8 Å². The second-order valence-electron chi connectivity index (χ2n) is 5.52. The fourth-order valence-corrected chi connectivity index (χ4v) is 2.66. The number of nitrogens with one attached hydrogen (secondary N) is 1. The van der Waals surface area contributed by atoms with E-state index in [1.807, 2.05) is 44.2 Å². The van der Waals surface area contributed by atoms with Crippen LogP contribution in [0.4, 0.5) is 8.78 Å². The molecule has 0 spiro atoms. The highest BCUT2D eigenvalue weighted by Crippen LogP contribution is 2.18. The lowest BCUT2D eigenvalue weighted by molar-refractivity contribution is 0.0509. The van der Waals surface area contributed by atoms with Crippen molar-refractivity contribution in [3.05, 3.63) is 65.2 Å². The van der Waals surface area contributed by atoms with Crippen molar-refractivity contribution in [2.45, 2.75) is 26.9 Å². The van der Waals surface area contributed by atoms with Crippen LogP contribution in [0.1, 0.15) is 34.0 Å². The summed E-state index contributed by atoms with van der Waals surface area (Å²) in [6.45, 7) is 1.08. The fraction of sp³-hybridized carbons (Fsp3) is 0.235. The first-order valence-corrected chi connectivity index (χ1v) is 7.69. The van der Waals surface area contributed by atoms with Crippen LogP contribution in [0.3, 0.4) is 0 Å². The van der Waals surface area contributed by atoms with Crippen LogP contribution in [0.2, 0.25) is 0 Å². The molecule has 8 heteroatoms. The Bertz CT molecular complexity index is 886. The molecule has 6 nitrogen and oxygen atoms in total. The number of hydrogen-bond acceptors (Lipinski definition) is 3. The summed E-state index contributed by atoms with van der Waals surface area (Å²) in [5, 5.41) is 10.6. The first-order chi connectivity index (χ1) is 12.0. The van der Waals surface area contributed by atoms with Crippen molar-refractivity contribution in [3.8, 4) is 5.69 Å². The number of alkyl halides is 2. The van der Waals surface area contributed by atoms with E-state index in [-0.39, 0.29) is 12.2 Å². The molecule has 0 fully saturated rings. The van der Waals surface area contributed by atoms with Gasteiger partial charge in [0.25, 0.3) is 5.91 Å². The van der Waals surface area contributed by atoms with Gasteiger partial charge in [-0.15, -0.1) is 0 Å². The molecular weight excluding hydrogens is 328 g/mol. The fourth-order valence-electron chi connectivity index (χ4n) is 2.66. The van der Waals surface area contributed by atoms with Gasteiger partial charge >= 0.3 is 6.55 Å². The van der Waals surface area contributed by atoms with E-state index in [2.05, 4.69) is 15.5 Å². The first-order valence-electron chi connectivity index (χ1n) is 7.69. The largest absolute Gasteiger partial charge is 0.346 e. The van der Waals surface area contributed by atoms with Gasteiger partial charge in [-0.2, -0.15) is 23.7 Å². The molecule has 0 saturated carbocycles. The molecule has 1 amide bonds. The van der Waals surface area contributed by atoms with Gasteiger partial charge in [-0.1, -0.05) is 18.2 Å². The van der Waals surface area contributed by atoms with Gasteiger partial charge in [0.15, 0.2) is 0 Å². The molecule has 0 atom stereocenters. The zero-order valence-electron chi connectivity index (χ0n) is 13.8. The Morgan fingerprint density at radius 3 is 2.60 bits per heavy atom. The number of para-hydroxylation sites is 1. The number of amides is 1. The lowest BCUT2D eigenvalue weighted by Gasteiger charge is -2.08. The summed E-state index contributed by atoms with van der Waals surface area (Å²) in [5.41, 5.74) is 3.23. The number of halogens is 2. The second kappa shape index (κ2) is 6.84. The van der Waals surface area contributed by atoms with Crippen molar-refractivity contribution >= 4 is 5.91 Å². The number of hydrogen-bond donors (Lipinski definition) is 1. The van der Waals surface area contributed by atoms with Crippen LogP contribution >= 0.6 is 0 Å². The van der Waals surface area contributed by atoms with Crippen LogP contribution < -0.4 is 5.32 Å². The number of aryl methyl sites for hydroxylation is 1. The molecule has 0 aliphatic heterocycles. The highest BCUT2D eigenvalue weighted by molar-refractivity contribution is 5.92. The summed E-state index contributed by atoms with van der Waals surface area (Å²) < 4.78 is 27.8. The maximum Gasteiger partial charge on any atom is 0.333 e. The predicted molar refractivity (Wildman–Crippen MR) is 87.7 cm³/mol. The van der Waals surface area contributed by atoms with Gasteiger partial charge in [0.1, 0.15) is 5.69 Å². The molecule has 3 aromatic rings. The summed E-state index contributed by atoms with van der Waals surface area (Å²) in [6.07, 6.45) is 1.17. The predicted octanol–water partition coefficient (Wildman–Crippen LogP) is 3.01. The molecule has 3 rings (SSSR count). The van der Waals surface area contributed by atoms with E-state index < -0.39 is 12.5 Å². The Hall–Kier alpha value is -3.03. The van der Waals surface area contributed by atoms with E-state index in [9.17, 15) is 13.6 Å². The molecular formula is C17H17F2N5O. The molecule has 25 heavy (non-hydrogen) atoms. The minimum atomic E-state index is -2.86. The van der Waals surface area contributed by atoms with Crippen molar-refractivity contribution < 1.29 is 13.6 Å². The van der Waals surface area contributed by atoms with E-state index in [1.165, 1.54) is 12.3 Å². The first kappa shape index (κ1) is 16.8. The molecule has 1 N–H and O–H groups in total. The van der Waals surface area contributed by atoms with Crippen molar-refractivity contribution in [2.24, 2.45) is 0 Å². The van der Waals surface area contributed by atoms with E-state index in [0.29, 0.717) is 4.68 Å². The third-order valence-corrected chi connectivity index (χ3v) is 3.96. The highest BCUT2D eigenvalue weighted by Gasteiger charge is 2.19. The lowest BCUT2D eigenvalue weighted by atomic mass is 10.2. The Morgan fingerprint density at radius 1 is 1.20 bits per heavy atom. The van der Waals surface area contributed by atoms with Crippen LogP contribution in [-0.2, 0) is 6.54 Å². The number of aromatic nitrogens is 4. The van der Waals surface area contributed by atoms with Crippen molar-refractivity contribution in [3.63, 3.8) is 0 Å². The van der Waals surface area contributed by atoms with Gasteiger partial charge in [-0.05, 0) is 32.0 Å². The smallest absolute Gasteiger partial charge is 0.333 e. The van der Waals surface area contributed by atoms with E-state index in [4.69, 9.17) is 0 Å². The van der Waals surface area contributed by atoms with Crippen LogP contribution in [0.5, 0.6) is 0 Å². The van der Waals surface area contributed by atoms with E-state index in [1.54, 1.807) is 4.68 Å². The molecule has 0 unspecified atom stereocenters. The SMILES string of the molecule is Cc1nn(-c2ccccc2)c(C)c1CNC(=O)c1ccnn1C(F)F. The molecule has 0 saturated heterocycles. The minimum Gasteiger partial charge on any atom is -0.346 e. The van der Waals surface area contributed by atoms with Crippen LogP contribution in [0.15, 0.2) is 42.6 Å². The van der Waals surface area contributed by atoms with E-state index in [0.717, 1.165) is 22.6 Å². The Balaban J connectivity index is 1.79.